The first-order valence-corrected chi connectivity index (χ1v) is 11.6. The second-order valence-electron chi connectivity index (χ2n) is 7.17. The van der Waals surface area contributed by atoms with Crippen LogP contribution in [-0.4, -0.2) is 77.0 Å². The van der Waals surface area contributed by atoms with Crippen LogP contribution in [0.25, 0.3) is 0 Å². The SMILES string of the molecule is CCN(CC(=O)N1CCN(c2ccc(OC)cc2)CC1)S(=O)(=O)c1ccc(OC)cc1. The van der Waals surface area contributed by atoms with E-state index < -0.39 is 10.0 Å². The quantitative estimate of drug-likeness (QED) is 0.616. The molecule has 1 fully saturated rings. The van der Waals surface area contributed by atoms with Crippen LogP contribution >= 0.6 is 0 Å². The Labute approximate surface area is 184 Å². The number of methoxy groups -OCH3 is 2. The largest absolute Gasteiger partial charge is 0.497 e. The summed E-state index contributed by atoms with van der Waals surface area (Å²) >= 11 is 0. The molecule has 0 N–H and O–H groups in total. The first kappa shape index (κ1) is 22.9. The first-order valence-electron chi connectivity index (χ1n) is 10.2. The van der Waals surface area contributed by atoms with Gasteiger partial charge in [0.2, 0.25) is 15.9 Å². The summed E-state index contributed by atoms with van der Waals surface area (Å²) in [6.07, 6.45) is 0. The summed E-state index contributed by atoms with van der Waals surface area (Å²) in [5.74, 6) is 1.19. The first-order chi connectivity index (χ1) is 14.9. The molecule has 2 aromatic rings. The topological polar surface area (TPSA) is 79.4 Å². The molecule has 1 heterocycles. The standard InChI is InChI=1S/C22H29N3O5S/c1-4-25(31(27,28)21-11-9-20(30-3)10-12-21)17-22(26)24-15-13-23(14-16-24)18-5-7-19(29-2)8-6-18/h5-12H,4,13-17H2,1-3H3. The molecule has 168 valence electrons. The third kappa shape index (κ3) is 5.29. The minimum atomic E-state index is -3.76. The smallest absolute Gasteiger partial charge is 0.243 e. The van der Waals surface area contributed by atoms with E-state index in [1.165, 1.54) is 23.5 Å². The van der Waals surface area contributed by atoms with E-state index in [-0.39, 0.29) is 23.9 Å². The van der Waals surface area contributed by atoms with Crippen LogP contribution < -0.4 is 14.4 Å². The van der Waals surface area contributed by atoms with Crippen molar-refractivity contribution in [1.82, 2.24) is 9.21 Å². The zero-order valence-corrected chi connectivity index (χ0v) is 19.0. The number of rotatable bonds is 8. The summed E-state index contributed by atoms with van der Waals surface area (Å²) in [5, 5.41) is 0. The summed E-state index contributed by atoms with van der Waals surface area (Å²) in [6, 6.07) is 14.0. The van der Waals surface area contributed by atoms with Crippen molar-refractivity contribution in [2.45, 2.75) is 11.8 Å². The highest BCUT2D eigenvalue weighted by molar-refractivity contribution is 7.89. The molecule has 0 bridgehead atoms. The van der Waals surface area contributed by atoms with Crippen LogP contribution in [0.1, 0.15) is 6.92 Å². The van der Waals surface area contributed by atoms with E-state index in [0.717, 1.165) is 11.4 Å². The average molecular weight is 448 g/mol. The minimum Gasteiger partial charge on any atom is -0.497 e. The fourth-order valence-corrected chi connectivity index (χ4v) is 4.92. The van der Waals surface area contributed by atoms with Crippen LogP contribution in [0.3, 0.4) is 0 Å². The van der Waals surface area contributed by atoms with Crippen molar-refractivity contribution in [1.29, 1.82) is 0 Å². The number of carbonyl (C=O) groups is 1. The van der Waals surface area contributed by atoms with Gasteiger partial charge in [-0.25, -0.2) is 8.42 Å². The Kier molecular flexibility index (Phi) is 7.40. The second kappa shape index (κ2) is 10.0. The van der Waals surface area contributed by atoms with Gasteiger partial charge in [-0.2, -0.15) is 4.31 Å². The summed E-state index contributed by atoms with van der Waals surface area (Å²) in [4.78, 5) is 16.9. The summed E-state index contributed by atoms with van der Waals surface area (Å²) < 4.78 is 37.4. The Morgan fingerprint density at radius 1 is 0.903 bits per heavy atom. The van der Waals surface area contributed by atoms with Crippen LogP contribution in [0.4, 0.5) is 5.69 Å². The van der Waals surface area contributed by atoms with Gasteiger partial charge in [0.15, 0.2) is 0 Å². The third-order valence-electron chi connectivity index (χ3n) is 5.43. The number of nitrogens with zero attached hydrogens (tertiary/aromatic N) is 3. The molecule has 1 amide bonds. The van der Waals surface area contributed by atoms with Gasteiger partial charge < -0.3 is 19.3 Å². The lowest BCUT2D eigenvalue weighted by atomic mass is 10.2. The van der Waals surface area contributed by atoms with Gasteiger partial charge in [-0.3, -0.25) is 4.79 Å². The van der Waals surface area contributed by atoms with Crippen molar-refractivity contribution in [2.75, 3.05) is 58.4 Å². The Balaban J connectivity index is 1.60. The number of amides is 1. The number of piperazine rings is 1. The zero-order valence-electron chi connectivity index (χ0n) is 18.2. The highest BCUT2D eigenvalue weighted by atomic mass is 32.2. The van der Waals surface area contributed by atoms with Crippen molar-refractivity contribution in [3.05, 3.63) is 48.5 Å². The summed E-state index contributed by atoms with van der Waals surface area (Å²) in [7, 11) is -0.607. The lowest BCUT2D eigenvalue weighted by Crippen LogP contribution is -2.51. The maximum Gasteiger partial charge on any atom is 0.243 e. The molecule has 0 radical (unpaired) electrons. The molecule has 0 saturated carbocycles. The molecule has 1 aliphatic rings. The van der Waals surface area contributed by atoms with Gasteiger partial charge in [0.05, 0.1) is 25.7 Å². The Hall–Kier alpha value is -2.78. The number of benzene rings is 2. The highest BCUT2D eigenvalue weighted by Gasteiger charge is 2.29. The number of ether oxygens (including phenoxy) is 2. The fourth-order valence-electron chi connectivity index (χ4n) is 3.52. The van der Waals surface area contributed by atoms with Crippen LogP contribution in [0, 0.1) is 0 Å². The van der Waals surface area contributed by atoms with Crippen molar-refractivity contribution in [3.8, 4) is 11.5 Å². The van der Waals surface area contributed by atoms with Crippen molar-refractivity contribution in [2.24, 2.45) is 0 Å². The molecule has 8 nitrogen and oxygen atoms in total. The Morgan fingerprint density at radius 2 is 1.42 bits per heavy atom. The number of carbonyl (C=O) groups excluding carboxylic acids is 1. The Bertz CT molecular complexity index is 969. The number of hydrogen-bond donors (Lipinski definition) is 0. The lowest BCUT2D eigenvalue weighted by Gasteiger charge is -2.37. The summed E-state index contributed by atoms with van der Waals surface area (Å²) in [6.45, 7) is 4.25. The number of sulfonamides is 1. The highest BCUT2D eigenvalue weighted by Crippen LogP contribution is 2.22. The molecular formula is C22H29N3O5S. The molecule has 0 unspecified atom stereocenters. The average Bonchev–Trinajstić information content (AvgIpc) is 2.82. The fraction of sp³-hybridized carbons (Fsp3) is 0.409. The molecule has 1 aliphatic heterocycles. The van der Waals surface area contributed by atoms with Crippen LogP contribution in [0.2, 0.25) is 0 Å². The van der Waals surface area contributed by atoms with Crippen LogP contribution in [-0.2, 0) is 14.8 Å². The van der Waals surface area contributed by atoms with E-state index >= 15 is 0 Å². The van der Waals surface area contributed by atoms with Gasteiger partial charge in [-0.15, -0.1) is 0 Å². The molecule has 0 spiro atoms. The minimum absolute atomic E-state index is 0.146. The molecule has 1 saturated heterocycles. The van der Waals surface area contributed by atoms with Gasteiger partial charge in [0.1, 0.15) is 11.5 Å². The molecule has 0 atom stereocenters. The van der Waals surface area contributed by atoms with Gasteiger partial charge >= 0.3 is 0 Å². The van der Waals surface area contributed by atoms with E-state index in [1.54, 1.807) is 31.1 Å². The monoisotopic (exact) mass is 447 g/mol. The van der Waals surface area contributed by atoms with Crippen LogP contribution in [0.15, 0.2) is 53.4 Å². The predicted molar refractivity (Wildman–Crippen MR) is 119 cm³/mol. The number of anilines is 1. The molecule has 0 aromatic heterocycles. The molecule has 2 aromatic carbocycles. The van der Waals surface area contributed by atoms with E-state index in [4.69, 9.17) is 9.47 Å². The van der Waals surface area contributed by atoms with Crippen molar-refractivity contribution >= 4 is 21.6 Å². The van der Waals surface area contributed by atoms with Gasteiger partial charge in [-0.1, -0.05) is 6.92 Å². The van der Waals surface area contributed by atoms with Crippen LogP contribution in [0.5, 0.6) is 11.5 Å². The maximum absolute atomic E-state index is 13.0. The van der Waals surface area contributed by atoms with Gasteiger partial charge in [0.25, 0.3) is 0 Å². The lowest BCUT2D eigenvalue weighted by molar-refractivity contribution is -0.131. The van der Waals surface area contributed by atoms with E-state index in [9.17, 15) is 13.2 Å². The second-order valence-corrected chi connectivity index (χ2v) is 9.11. The van der Waals surface area contributed by atoms with E-state index in [2.05, 4.69) is 4.90 Å². The molecule has 9 heteroatoms. The molecular weight excluding hydrogens is 418 g/mol. The van der Waals surface area contributed by atoms with Gasteiger partial charge in [-0.05, 0) is 48.5 Å². The Morgan fingerprint density at radius 3 is 1.90 bits per heavy atom. The predicted octanol–water partition coefficient (Wildman–Crippen LogP) is 2.06. The van der Waals surface area contributed by atoms with E-state index in [1.807, 2.05) is 24.3 Å². The molecule has 3 rings (SSSR count). The number of likely N-dealkylation sites (N-methyl/N-ethyl adjacent to an activating group) is 1. The normalized spacial score (nSPS) is 14.6. The molecule has 0 aliphatic carbocycles. The number of hydrogen-bond acceptors (Lipinski definition) is 6. The summed E-state index contributed by atoms with van der Waals surface area (Å²) in [5.41, 5.74) is 1.07. The van der Waals surface area contributed by atoms with Gasteiger partial charge in [0, 0.05) is 38.4 Å². The maximum atomic E-state index is 13.0. The van der Waals surface area contributed by atoms with Crippen molar-refractivity contribution < 1.29 is 22.7 Å². The third-order valence-corrected chi connectivity index (χ3v) is 7.37. The van der Waals surface area contributed by atoms with E-state index in [0.29, 0.717) is 31.9 Å². The molecule has 31 heavy (non-hydrogen) atoms. The zero-order chi connectivity index (χ0) is 22.4. The van der Waals surface area contributed by atoms with Crippen molar-refractivity contribution in [3.63, 3.8) is 0 Å².